The van der Waals surface area contributed by atoms with Crippen molar-refractivity contribution in [3.8, 4) is 0 Å². The molecule has 0 saturated heterocycles. The fraction of sp³-hybridized carbons (Fsp3) is 0.227. The first-order valence-corrected chi connectivity index (χ1v) is 9.62. The van der Waals surface area contributed by atoms with Crippen LogP contribution in [-0.4, -0.2) is 15.5 Å². The minimum Gasteiger partial charge on any atom is -0.422 e. The van der Waals surface area contributed by atoms with E-state index >= 15 is 0 Å². The fourth-order valence-electron chi connectivity index (χ4n) is 3.60. The Morgan fingerprint density at radius 1 is 1.30 bits per heavy atom. The van der Waals surface area contributed by atoms with Crippen molar-refractivity contribution in [2.24, 2.45) is 5.73 Å². The van der Waals surface area contributed by atoms with E-state index in [4.69, 9.17) is 15.1 Å². The summed E-state index contributed by atoms with van der Waals surface area (Å²) in [5.74, 6) is -0.568. The normalized spacial score (nSPS) is 12.4. The van der Waals surface area contributed by atoms with Crippen molar-refractivity contribution in [1.82, 2.24) is 9.55 Å². The van der Waals surface area contributed by atoms with E-state index in [-0.39, 0.29) is 17.4 Å². The monoisotopic (exact) mass is 408 g/mol. The second-order valence-electron chi connectivity index (χ2n) is 7.29. The van der Waals surface area contributed by atoms with Crippen LogP contribution in [0.4, 0.5) is 16.0 Å². The third-order valence-electron chi connectivity index (χ3n) is 5.35. The standard InChI is InChI=1S/C22H21FN4O3/c1-4-11(2)27-17-10-18-15(12(3)19(20(24)28)21(29)30-18)9-16(17)26-22(27)25-14-7-5-13(23)6-8-14/h5-11H,4H2,1-3H3,(H2,24,28)(H,25,26). The summed E-state index contributed by atoms with van der Waals surface area (Å²) in [7, 11) is 0. The number of rotatable bonds is 5. The number of hydrogen-bond donors (Lipinski definition) is 2. The molecular formula is C22H21FN4O3. The summed E-state index contributed by atoms with van der Waals surface area (Å²) in [4.78, 5) is 28.6. The zero-order valence-corrected chi connectivity index (χ0v) is 16.8. The Labute approximate surface area is 171 Å². The number of halogens is 1. The highest BCUT2D eigenvalue weighted by Crippen LogP contribution is 2.32. The fourth-order valence-corrected chi connectivity index (χ4v) is 3.60. The number of primary amides is 1. The van der Waals surface area contributed by atoms with Gasteiger partial charge < -0.3 is 20.0 Å². The molecule has 2 aromatic carbocycles. The second-order valence-corrected chi connectivity index (χ2v) is 7.29. The number of amides is 1. The maximum Gasteiger partial charge on any atom is 0.349 e. The zero-order valence-electron chi connectivity index (χ0n) is 16.8. The molecule has 0 fully saturated rings. The first-order chi connectivity index (χ1) is 14.3. The third-order valence-corrected chi connectivity index (χ3v) is 5.35. The Balaban J connectivity index is 1.97. The Bertz CT molecular complexity index is 1340. The van der Waals surface area contributed by atoms with Gasteiger partial charge in [-0.2, -0.15) is 0 Å². The SMILES string of the molecule is CCC(C)n1c(Nc2ccc(F)cc2)nc2cc3c(C)c(C(N)=O)c(=O)oc3cc21. The van der Waals surface area contributed by atoms with Gasteiger partial charge in [0.15, 0.2) is 0 Å². The van der Waals surface area contributed by atoms with Gasteiger partial charge in [0.05, 0.1) is 11.0 Å². The van der Waals surface area contributed by atoms with Gasteiger partial charge >= 0.3 is 5.63 Å². The predicted octanol–water partition coefficient (Wildman–Crippen LogP) is 4.40. The number of anilines is 2. The number of aromatic nitrogens is 2. The quantitative estimate of drug-likeness (QED) is 0.476. The van der Waals surface area contributed by atoms with E-state index in [0.29, 0.717) is 33.7 Å². The highest BCUT2D eigenvalue weighted by atomic mass is 19.1. The molecule has 2 heterocycles. The molecule has 0 aliphatic heterocycles. The minimum absolute atomic E-state index is 0.0908. The summed E-state index contributed by atoms with van der Waals surface area (Å²) in [6, 6.07) is 9.63. The molecule has 0 aliphatic rings. The molecule has 1 atom stereocenters. The van der Waals surface area contributed by atoms with Crippen LogP contribution in [0.25, 0.3) is 22.0 Å². The lowest BCUT2D eigenvalue weighted by Gasteiger charge is -2.17. The minimum atomic E-state index is -0.827. The molecule has 0 bridgehead atoms. The van der Waals surface area contributed by atoms with Gasteiger partial charge in [0.25, 0.3) is 5.91 Å². The van der Waals surface area contributed by atoms with E-state index in [1.165, 1.54) is 12.1 Å². The molecule has 154 valence electrons. The summed E-state index contributed by atoms with van der Waals surface area (Å²) in [6.07, 6.45) is 0.838. The van der Waals surface area contributed by atoms with Gasteiger partial charge in [-0.25, -0.2) is 14.2 Å². The number of carbonyl (C=O) groups excluding carboxylic acids is 1. The molecule has 0 radical (unpaired) electrons. The van der Waals surface area contributed by atoms with Crippen LogP contribution in [0.3, 0.4) is 0 Å². The number of fused-ring (bicyclic) bond motifs is 2. The maximum atomic E-state index is 13.3. The van der Waals surface area contributed by atoms with Crippen molar-refractivity contribution in [3.05, 3.63) is 63.8 Å². The molecule has 1 amide bonds. The lowest BCUT2D eigenvalue weighted by atomic mass is 10.0. The van der Waals surface area contributed by atoms with Crippen molar-refractivity contribution in [3.63, 3.8) is 0 Å². The number of imidazole rings is 1. The predicted molar refractivity (Wildman–Crippen MR) is 114 cm³/mol. The number of carbonyl (C=O) groups is 1. The molecule has 2 aromatic heterocycles. The van der Waals surface area contributed by atoms with Gasteiger partial charge in [-0.05, 0) is 56.2 Å². The van der Waals surface area contributed by atoms with Crippen LogP contribution < -0.4 is 16.7 Å². The molecule has 7 nitrogen and oxygen atoms in total. The lowest BCUT2D eigenvalue weighted by molar-refractivity contribution is 0.0996. The number of nitrogens with zero attached hydrogens (tertiary/aromatic N) is 2. The molecule has 8 heteroatoms. The largest absolute Gasteiger partial charge is 0.422 e. The maximum absolute atomic E-state index is 13.3. The number of aryl methyl sites for hydroxylation is 1. The Kier molecular flexibility index (Phi) is 4.77. The summed E-state index contributed by atoms with van der Waals surface area (Å²) >= 11 is 0. The van der Waals surface area contributed by atoms with E-state index < -0.39 is 11.5 Å². The average Bonchev–Trinajstić information content (AvgIpc) is 3.04. The molecule has 30 heavy (non-hydrogen) atoms. The van der Waals surface area contributed by atoms with Crippen LogP contribution in [0.5, 0.6) is 0 Å². The van der Waals surface area contributed by atoms with Crippen LogP contribution in [0, 0.1) is 12.7 Å². The first-order valence-electron chi connectivity index (χ1n) is 9.62. The first kappa shape index (κ1) is 19.6. The number of benzene rings is 2. The second kappa shape index (κ2) is 7.29. The van der Waals surface area contributed by atoms with Gasteiger partial charge in [0, 0.05) is 23.2 Å². The third kappa shape index (κ3) is 3.20. The van der Waals surface area contributed by atoms with Gasteiger partial charge in [-0.1, -0.05) is 6.92 Å². The average molecular weight is 408 g/mol. The smallest absolute Gasteiger partial charge is 0.349 e. The Morgan fingerprint density at radius 2 is 2.00 bits per heavy atom. The van der Waals surface area contributed by atoms with E-state index in [1.54, 1.807) is 31.2 Å². The topological polar surface area (TPSA) is 103 Å². The zero-order chi connectivity index (χ0) is 21.6. The molecule has 4 aromatic rings. The number of hydrogen-bond acceptors (Lipinski definition) is 5. The highest BCUT2D eigenvalue weighted by molar-refractivity contribution is 6.01. The van der Waals surface area contributed by atoms with E-state index in [2.05, 4.69) is 19.2 Å². The molecule has 1 unspecified atom stereocenters. The van der Waals surface area contributed by atoms with Crippen LogP contribution in [0.15, 0.2) is 45.6 Å². The van der Waals surface area contributed by atoms with Crippen LogP contribution in [-0.2, 0) is 0 Å². The molecule has 4 rings (SSSR count). The Morgan fingerprint density at radius 3 is 2.63 bits per heavy atom. The van der Waals surface area contributed by atoms with Crippen molar-refractivity contribution < 1.29 is 13.6 Å². The van der Waals surface area contributed by atoms with Gasteiger partial charge in [0.1, 0.15) is 17.0 Å². The van der Waals surface area contributed by atoms with E-state index in [1.807, 2.05) is 4.57 Å². The molecule has 3 N–H and O–H groups in total. The van der Waals surface area contributed by atoms with E-state index in [9.17, 15) is 14.0 Å². The molecule has 0 saturated carbocycles. The number of nitrogens with one attached hydrogen (secondary N) is 1. The summed E-state index contributed by atoms with van der Waals surface area (Å²) in [5.41, 5.74) is 7.38. The lowest BCUT2D eigenvalue weighted by Crippen LogP contribution is -2.22. The van der Waals surface area contributed by atoms with Gasteiger partial charge in [-0.15, -0.1) is 0 Å². The van der Waals surface area contributed by atoms with Crippen LogP contribution in [0.1, 0.15) is 42.2 Å². The summed E-state index contributed by atoms with van der Waals surface area (Å²) < 4.78 is 20.7. The van der Waals surface area contributed by atoms with Crippen molar-refractivity contribution in [2.75, 3.05) is 5.32 Å². The van der Waals surface area contributed by atoms with Crippen molar-refractivity contribution >= 4 is 39.5 Å². The van der Waals surface area contributed by atoms with Gasteiger partial charge in [0.2, 0.25) is 5.95 Å². The number of nitrogens with two attached hydrogens (primary N) is 1. The van der Waals surface area contributed by atoms with Crippen molar-refractivity contribution in [1.29, 1.82) is 0 Å². The summed E-state index contributed by atoms with van der Waals surface area (Å²) in [6.45, 7) is 5.77. The molecule has 0 aliphatic carbocycles. The molecular weight excluding hydrogens is 387 g/mol. The van der Waals surface area contributed by atoms with Gasteiger partial charge in [-0.3, -0.25) is 4.79 Å². The molecule has 0 spiro atoms. The summed E-state index contributed by atoms with van der Waals surface area (Å²) in [5, 5.41) is 3.83. The van der Waals surface area contributed by atoms with Crippen LogP contribution >= 0.6 is 0 Å². The Hall–Kier alpha value is -3.68. The van der Waals surface area contributed by atoms with Crippen molar-refractivity contribution in [2.45, 2.75) is 33.2 Å². The highest BCUT2D eigenvalue weighted by Gasteiger charge is 2.20. The van der Waals surface area contributed by atoms with Crippen LogP contribution in [0.2, 0.25) is 0 Å². The van der Waals surface area contributed by atoms with E-state index in [0.717, 1.165) is 11.9 Å².